The molecule has 31 heavy (non-hydrogen) atoms. The second kappa shape index (κ2) is 8.06. The lowest BCUT2D eigenvalue weighted by Gasteiger charge is -2.57. The normalized spacial score (nSPS) is 28.9. The van der Waals surface area contributed by atoms with Gasteiger partial charge >= 0.3 is 5.97 Å². The molecule has 4 aliphatic rings. The molecule has 6 nitrogen and oxygen atoms in total. The van der Waals surface area contributed by atoms with Crippen LogP contribution >= 0.6 is 0 Å². The number of benzene rings is 1. The van der Waals surface area contributed by atoms with E-state index in [9.17, 15) is 4.79 Å². The van der Waals surface area contributed by atoms with Crippen LogP contribution in [-0.4, -0.2) is 33.8 Å². The molecule has 1 aromatic heterocycles. The molecule has 0 unspecified atom stereocenters. The molecular formula is C25H30N4O2. The minimum Gasteiger partial charge on any atom is -0.459 e. The Morgan fingerprint density at radius 1 is 1.13 bits per heavy atom. The van der Waals surface area contributed by atoms with Crippen LogP contribution in [0.15, 0.2) is 41.9 Å². The average molecular weight is 419 g/mol. The van der Waals surface area contributed by atoms with Gasteiger partial charge in [-0.05, 0) is 88.3 Å². The molecule has 4 aliphatic carbocycles. The van der Waals surface area contributed by atoms with E-state index in [1.807, 2.05) is 32.0 Å². The Bertz CT molecular complexity index is 951. The van der Waals surface area contributed by atoms with Crippen LogP contribution in [0.1, 0.15) is 68.3 Å². The fourth-order valence-corrected chi connectivity index (χ4v) is 6.22. The Labute approximate surface area is 183 Å². The molecule has 1 aromatic carbocycles. The summed E-state index contributed by atoms with van der Waals surface area (Å²) in [4.78, 5) is 25.3. The molecule has 162 valence electrons. The Kier molecular flexibility index (Phi) is 5.24. The number of carbonyl (C=O) groups excluding carboxylic acids is 1. The van der Waals surface area contributed by atoms with Crippen molar-refractivity contribution in [3.05, 3.63) is 48.0 Å². The third-order valence-corrected chi connectivity index (χ3v) is 6.95. The molecule has 1 heterocycles. The third kappa shape index (κ3) is 4.34. The summed E-state index contributed by atoms with van der Waals surface area (Å²) in [5.74, 6) is 2.24. The molecule has 4 fully saturated rings. The molecule has 4 bridgehead atoms. The zero-order chi connectivity index (χ0) is 21.4. The molecule has 6 heteroatoms. The number of hydrogen-bond donors (Lipinski definition) is 1. The van der Waals surface area contributed by atoms with Gasteiger partial charge in [0.15, 0.2) is 0 Å². The van der Waals surface area contributed by atoms with Crippen LogP contribution in [-0.2, 0) is 4.74 Å². The maximum atomic E-state index is 12.5. The number of nitrogens with zero attached hydrogens (tertiary/aromatic N) is 3. The van der Waals surface area contributed by atoms with Crippen LogP contribution in [0.5, 0.6) is 0 Å². The number of nitrogens with one attached hydrogen (secondary N) is 1. The summed E-state index contributed by atoms with van der Waals surface area (Å²) in [5.41, 5.74) is 3.23. The third-order valence-electron chi connectivity index (χ3n) is 6.95. The van der Waals surface area contributed by atoms with Crippen molar-refractivity contribution in [1.82, 2.24) is 9.97 Å². The van der Waals surface area contributed by atoms with Crippen molar-refractivity contribution >= 4 is 23.6 Å². The standard InChI is InChI=1S/C25H30N4O2/c1-16(2)31-24(30)21-3-4-22(23(8-21)28-14-20-12-26-15-27-13-20)29-25-9-17-5-18(10-25)7-19(6-17)11-25/h3-4,8,12-19,29H,5-7,9-11H2,1-2H3. The Morgan fingerprint density at radius 3 is 2.39 bits per heavy atom. The van der Waals surface area contributed by atoms with E-state index in [0.717, 1.165) is 34.7 Å². The van der Waals surface area contributed by atoms with Crippen molar-refractivity contribution in [2.24, 2.45) is 22.7 Å². The lowest BCUT2D eigenvalue weighted by atomic mass is 9.53. The van der Waals surface area contributed by atoms with E-state index in [1.165, 1.54) is 44.9 Å². The molecule has 1 N–H and O–H groups in total. The first-order chi connectivity index (χ1) is 15.0. The molecule has 0 aliphatic heterocycles. The first-order valence-corrected chi connectivity index (χ1v) is 11.4. The minimum atomic E-state index is -0.323. The first-order valence-electron chi connectivity index (χ1n) is 11.4. The van der Waals surface area contributed by atoms with Crippen LogP contribution in [0.25, 0.3) is 0 Å². The van der Waals surface area contributed by atoms with E-state index in [1.54, 1.807) is 18.6 Å². The van der Waals surface area contributed by atoms with Gasteiger partial charge < -0.3 is 10.1 Å². The first kappa shape index (κ1) is 20.2. The van der Waals surface area contributed by atoms with Crippen LogP contribution in [0.2, 0.25) is 0 Å². The molecule has 2 aromatic rings. The molecule has 0 spiro atoms. The SMILES string of the molecule is CC(C)OC(=O)c1ccc(NC23CC4CC(CC(C4)C2)C3)c(N=Cc2cncnc2)c1. The van der Waals surface area contributed by atoms with Crippen molar-refractivity contribution in [2.75, 3.05) is 5.32 Å². The van der Waals surface area contributed by atoms with Gasteiger partial charge in [-0.15, -0.1) is 0 Å². The van der Waals surface area contributed by atoms with Crippen LogP contribution in [0, 0.1) is 17.8 Å². The van der Waals surface area contributed by atoms with E-state index in [2.05, 4.69) is 15.3 Å². The van der Waals surface area contributed by atoms with E-state index in [-0.39, 0.29) is 17.6 Å². The van der Waals surface area contributed by atoms with E-state index in [4.69, 9.17) is 9.73 Å². The van der Waals surface area contributed by atoms with Crippen molar-refractivity contribution in [3.63, 3.8) is 0 Å². The zero-order valence-corrected chi connectivity index (χ0v) is 18.3. The van der Waals surface area contributed by atoms with Gasteiger partial charge in [-0.25, -0.2) is 14.8 Å². The number of esters is 1. The molecule has 0 atom stereocenters. The number of carbonyl (C=O) groups is 1. The minimum absolute atomic E-state index is 0.161. The summed E-state index contributed by atoms with van der Waals surface area (Å²) in [6.07, 6.45) is 14.5. The number of hydrogen-bond acceptors (Lipinski definition) is 6. The van der Waals surface area contributed by atoms with Gasteiger partial charge in [0.1, 0.15) is 6.33 Å². The van der Waals surface area contributed by atoms with Crippen molar-refractivity contribution in [3.8, 4) is 0 Å². The van der Waals surface area contributed by atoms with Gasteiger partial charge in [-0.3, -0.25) is 4.99 Å². The van der Waals surface area contributed by atoms with E-state index in [0.29, 0.717) is 5.56 Å². The fourth-order valence-electron chi connectivity index (χ4n) is 6.22. The Morgan fingerprint density at radius 2 is 1.77 bits per heavy atom. The van der Waals surface area contributed by atoms with E-state index >= 15 is 0 Å². The molecular weight excluding hydrogens is 388 g/mol. The number of rotatable bonds is 6. The smallest absolute Gasteiger partial charge is 0.338 e. The van der Waals surface area contributed by atoms with Gasteiger partial charge in [-0.2, -0.15) is 0 Å². The second-order valence-electron chi connectivity index (χ2n) is 9.94. The quantitative estimate of drug-likeness (QED) is 0.517. The monoisotopic (exact) mass is 418 g/mol. The molecule has 0 radical (unpaired) electrons. The molecule has 6 rings (SSSR count). The number of aromatic nitrogens is 2. The predicted molar refractivity (Wildman–Crippen MR) is 121 cm³/mol. The van der Waals surface area contributed by atoms with E-state index < -0.39 is 0 Å². The van der Waals surface area contributed by atoms with Crippen molar-refractivity contribution in [1.29, 1.82) is 0 Å². The highest BCUT2D eigenvalue weighted by atomic mass is 16.5. The summed E-state index contributed by atoms with van der Waals surface area (Å²) in [6, 6.07) is 5.66. The second-order valence-corrected chi connectivity index (χ2v) is 9.94. The summed E-state index contributed by atoms with van der Waals surface area (Å²) in [7, 11) is 0. The van der Waals surface area contributed by atoms with Crippen LogP contribution < -0.4 is 5.32 Å². The van der Waals surface area contributed by atoms with Crippen LogP contribution in [0.3, 0.4) is 0 Å². The Balaban J connectivity index is 1.45. The van der Waals surface area contributed by atoms with Gasteiger partial charge in [0.25, 0.3) is 0 Å². The highest BCUT2D eigenvalue weighted by Gasteiger charge is 2.51. The summed E-state index contributed by atoms with van der Waals surface area (Å²) >= 11 is 0. The molecule has 4 saturated carbocycles. The highest BCUT2D eigenvalue weighted by molar-refractivity contribution is 5.93. The number of aliphatic imine (C=N–C) groups is 1. The van der Waals surface area contributed by atoms with Gasteiger partial charge in [0, 0.05) is 29.7 Å². The summed E-state index contributed by atoms with van der Waals surface area (Å²) in [5, 5.41) is 3.90. The zero-order valence-electron chi connectivity index (χ0n) is 18.3. The number of anilines is 1. The fraction of sp³-hybridized carbons (Fsp3) is 0.520. The maximum Gasteiger partial charge on any atom is 0.338 e. The Hall–Kier alpha value is -2.76. The van der Waals surface area contributed by atoms with Gasteiger partial charge in [0.2, 0.25) is 0 Å². The topological polar surface area (TPSA) is 76.5 Å². The molecule has 0 saturated heterocycles. The van der Waals surface area contributed by atoms with Gasteiger partial charge in [-0.1, -0.05) is 0 Å². The lowest BCUT2D eigenvalue weighted by Crippen LogP contribution is -2.54. The predicted octanol–water partition coefficient (Wildman–Crippen LogP) is 5.17. The maximum absolute atomic E-state index is 12.5. The number of ether oxygens (including phenoxy) is 1. The summed E-state index contributed by atoms with van der Waals surface area (Å²) in [6.45, 7) is 3.71. The average Bonchev–Trinajstić information content (AvgIpc) is 2.72. The highest BCUT2D eigenvalue weighted by Crippen LogP contribution is 2.57. The molecule has 0 amide bonds. The lowest BCUT2D eigenvalue weighted by molar-refractivity contribution is 0.0107. The van der Waals surface area contributed by atoms with Crippen molar-refractivity contribution in [2.45, 2.75) is 64.0 Å². The van der Waals surface area contributed by atoms with Gasteiger partial charge in [0.05, 0.1) is 23.0 Å². The largest absolute Gasteiger partial charge is 0.459 e. The van der Waals surface area contributed by atoms with Crippen molar-refractivity contribution < 1.29 is 9.53 Å². The van der Waals surface area contributed by atoms with Crippen LogP contribution in [0.4, 0.5) is 11.4 Å². The summed E-state index contributed by atoms with van der Waals surface area (Å²) < 4.78 is 5.40.